The second kappa shape index (κ2) is 8.09. The zero-order chi connectivity index (χ0) is 19.6. The quantitative estimate of drug-likeness (QED) is 0.550. The van der Waals surface area contributed by atoms with Crippen molar-refractivity contribution in [1.29, 1.82) is 0 Å². The highest BCUT2D eigenvalue weighted by molar-refractivity contribution is 8.01. The summed E-state index contributed by atoms with van der Waals surface area (Å²) < 4.78 is 27.6. The lowest BCUT2D eigenvalue weighted by Crippen LogP contribution is -2.37. The summed E-state index contributed by atoms with van der Waals surface area (Å²) in [6.45, 7) is 2.96. The first-order valence-corrected chi connectivity index (χ1v) is 11.4. The first-order valence-electron chi connectivity index (χ1n) is 8.29. The lowest BCUT2D eigenvalue weighted by atomic mass is 10.0. The number of nitrogens with one attached hydrogen (secondary N) is 1. The summed E-state index contributed by atoms with van der Waals surface area (Å²) in [4.78, 5) is 11.2. The molecule has 0 aliphatic carbocycles. The molecular weight excluding hydrogens is 410 g/mol. The van der Waals surface area contributed by atoms with Crippen LogP contribution in [0.2, 0.25) is 0 Å². The van der Waals surface area contributed by atoms with Gasteiger partial charge in [0.2, 0.25) is 15.2 Å². The summed E-state index contributed by atoms with van der Waals surface area (Å²) >= 11 is 2.35. The number of rotatable bonds is 6. The number of nitrogens with zero attached hydrogens (tertiary/aromatic N) is 4. The number of hydrogen-bond acceptors (Lipinski definition) is 9. The maximum atomic E-state index is 12.8. The fourth-order valence-corrected chi connectivity index (χ4v) is 5.94. The van der Waals surface area contributed by atoms with Gasteiger partial charge in [-0.05, 0) is 42.7 Å². The molecule has 1 aromatic carbocycles. The summed E-state index contributed by atoms with van der Waals surface area (Å²) in [7, 11) is -2.04. The first kappa shape index (κ1) is 20.0. The Hall–Kier alpha value is -1.76. The van der Waals surface area contributed by atoms with Gasteiger partial charge >= 0.3 is 0 Å². The van der Waals surface area contributed by atoms with E-state index < -0.39 is 14.9 Å². The number of nitro benzene ring substituents is 1. The number of benzene rings is 1. The van der Waals surface area contributed by atoms with E-state index in [0.29, 0.717) is 33.4 Å². The van der Waals surface area contributed by atoms with Crippen LogP contribution in [0, 0.1) is 16.0 Å². The summed E-state index contributed by atoms with van der Waals surface area (Å²) in [5.74, 6) is 0.485. The molecule has 3 rings (SSSR count). The van der Waals surface area contributed by atoms with Crippen LogP contribution in [0.15, 0.2) is 32.3 Å². The molecule has 1 aliphatic heterocycles. The lowest BCUT2D eigenvalue weighted by molar-refractivity contribution is -0.388. The Morgan fingerprint density at radius 2 is 2.04 bits per heavy atom. The Bertz CT molecular complexity index is 939. The Kier molecular flexibility index (Phi) is 5.99. The van der Waals surface area contributed by atoms with Crippen molar-refractivity contribution < 1.29 is 13.3 Å². The fourth-order valence-electron chi connectivity index (χ4n) is 2.71. The van der Waals surface area contributed by atoms with E-state index in [1.54, 1.807) is 7.05 Å². The summed E-state index contributed by atoms with van der Waals surface area (Å²) in [5.41, 5.74) is -0.257. The second-order valence-corrected chi connectivity index (χ2v) is 10.4. The average molecular weight is 430 g/mol. The standard InChI is InChI=1S/C15H19N5O4S3/c1-10-5-7-19(8-6-10)27(23,24)11-3-4-13(12(9-11)20(21)22)25-15-18-17-14(16-2)26-15/h3-4,9-10H,5-8H2,1-2H3,(H,16,17). The van der Waals surface area contributed by atoms with Gasteiger partial charge in [-0.15, -0.1) is 10.2 Å². The molecule has 146 valence electrons. The summed E-state index contributed by atoms with van der Waals surface area (Å²) in [6.07, 6.45) is 1.58. The van der Waals surface area contributed by atoms with Gasteiger partial charge in [-0.1, -0.05) is 18.3 Å². The van der Waals surface area contributed by atoms with Gasteiger partial charge < -0.3 is 5.32 Å². The van der Waals surface area contributed by atoms with Gasteiger partial charge in [0.05, 0.1) is 14.7 Å². The molecule has 9 nitrogen and oxygen atoms in total. The van der Waals surface area contributed by atoms with E-state index in [-0.39, 0.29) is 10.6 Å². The Labute approximate surface area is 165 Å². The number of sulfonamides is 1. The molecular formula is C15H19N5O4S3. The molecule has 0 spiro atoms. The predicted molar refractivity (Wildman–Crippen MR) is 104 cm³/mol. The molecule has 1 N–H and O–H groups in total. The number of anilines is 1. The van der Waals surface area contributed by atoms with Crippen LogP contribution in [-0.2, 0) is 10.0 Å². The highest BCUT2D eigenvalue weighted by atomic mass is 32.2. The average Bonchev–Trinajstić information content (AvgIpc) is 3.09. The van der Waals surface area contributed by atoms with Crippen LogP contribution in [0.25, 0.3) is 0 Å². The van der Waals surface area contributed by atoms with Crippen molar-refractivity contribution in [3.8, 4) is 0 Å². The molecule has 12 heteroatoms. The summed E-state index contributed by atoms with van der Waals surface area (Å²) in [5, 5.41) is 22.8. The van der Waals surface area contributed by atoms with Crippen LogP contribution < -0.4 is 5.32 Å². The van der Waals surface area contributed by atoms with Gasteiger partial charge in [0.25, 0.3) is 5.69 Å². The van der Waals surface area contributed by atoms with Crippen molar-refractivity contribution in [3.05, 3.63) is 28.3 Å². The molecule has 1 aromatic heterocycles. The van der Waals surface area contributed by atoms with Crippen molar-refractivity contribution in [2.75, 3.05) is 25.5 Å². The van der Waals surface area contributed by atoms with Crippen molar-refractivity contribution in [2.24, 2.45) is 5.92 Å². The third-order valence-corrected chi connectivity index (χ3v) is 8.28. The Balaban J connectivity index is 1.90. The molecule has 0 amide bonds. The molecule has 0 unspecified atom stereocenters. The lowest BCUT2D eigenvalue weighted by Gasteiger charge is -2.29. The van der Waals surface area contributed by atoms with E-state index in [1.165, 1.54) is 27.8 Å². The van der Waals surface area contributed by atoms with Crippen LogP contribution in [0.5, 0.6) is 0 Å². The van der Waals surface area contributed by atoms with Crippen LogP contribution in [-0.4, -0.2) is 48.0 Å². The van der Waals surface area contributed by atoms with Crippen molar-refractivity contribution in [2.45, 2.75) is 33.9 Å². The fraction of sp³-hybridized carbons (Fsp3) is 0.467. The van der Waals surface area contributed by atoms with Gasteiger partial charge in [-0.3, -0.25) is 10.1 Å². The highest BCUT2D eigenvalue weighted by Gasteiger charge is 2.30. The van der Waals surface area contributed by atoms with Crippen LogP contribution in [0.4, 0.5) is 10.8 Å². The normalized spacial score (nSPS) is 16.4. The van der Waals surface area contributed by atoms with Gasteiger partial charge in [-0.25, -0.2) is 8.42 Å². The smallest absolute Gasteiger partial charge is 0.284 e. The number of nitro groups is 1. The molecule has 0 radical (unpaired) electrons. The van der Waals surface area contributed by atoms with Gasteiger partial charge in [0.15, 0.2) is 4.34 Å². The van der Waals surface area contributed by atoms with E-state index in [1.807, 2.05) is 0 Å². The van der Waals surface area contributed by atoms with Crippen molar-refractivity contribution in [3.63, 3.8) is 0 Å². The molecule has 0 bridgehead atoms. The molecule has 1 fully saturated rings. The SMILES string of the molecule is CNc1nnc(Sc2ccc(S(=O)(=O)N3CCC(C)CC3)cc2[N+](=O)[O-])s1. The zero-order valence-corrected chi connectivity index (χ0v) is 17.2. The van der Waals surface area contributed by atoms with E-state index in [9.17, 15) is 18.5 Å². The van der Waals surface area contributed by atoms with Crippen molar-refractivity contribution in [1.82, 2.24) is 14.5 Å². The zero-order valence-electron chi connectivity index (χ0n) is 14.8. The van der Waals surface area contributed by atoms with Crippen LogP contribution in [0.3, 0.4) is 0 Å². The topological polar surface area (TPSA) is 118 Å². The van der Waals surface area contributed by atoms with Crippen LogP contribution >= 0.6 is 23.1 Å². The summed E-state index contributed by atoms with van der Waals surface area (Å²) in [6, 6.07) is 4.02. The van der Waals surface area contributed by atoms with E-state index in [2.05, 4.69) is 22.4 Å². The number of hydrogen-bond donors (Lipinski definition) is 1. The second-order valence-electron chi connectivity index (χ2n) is 6.20. The monoisotopic (exact) mass is 429 g/mol. The molecule has 1 aliphatic rings. The third-order valence-electron chi connectivity index (χ3n) is 4.33. The predicted octanol–water partition coefficient (Wildman–Crippen LogP) is 3.06. The van der Waals surface area contributed by atoms with Crippen LogP contribution in [0.1, 0.15) is 19.8 Å². The maximum Gasteiger partial charge on any atom is 0.284 e. The van der Waals surface area contributed by atoms with Gasteiger partial charge in [-0.2, -0.15) is 4.31 Å². The number of aromatic nitrogens is 2. The van der Waals surface area contributed by atoms with E-state index >= 15 is 0 Å². The van der Waals surface area contributed by atoms with E-state index in [4.69, 9.17) is 0 Å². The Morgan fingerprint density at radius 1 is 1.33 bits per heavy atom. The largest absolute Gasteiger partial charge is 0.363 e. The van der Waals surface area contributed by atoms with Gasteiger partial charge in [0, 0.05) is 26.2 Å². The minimum atomic E-state index is -3.75. The van der Waals surface area contributed by atoms with Gasteiger partial charge in [0.1, 0.15) is 0 Å². The molecule has 2 aromatic rings. The first-order chi connectivity index (χ1) is 12.8. The minimum Gasteiger partial charge on any atom is -0.363 e. The Morgan fingerprint density at radius 3 is 2.63 bits per heavy atom. The third kappa shape index (κ3) is 4.39. The highest BCUT2D eigenvalue weighted by Crippen LogP contribution is 2.38. The minimum absolute atomic E-state index is 0.0544. The van der Waals surface area contributed by atoms with Crippen molar-refractivity contribution >= 4 is 43.9 Å². The molecule has 1 saturated heterocycles. The molecule has 27 heavy (non-hydrogen) atoms. The molecule has 0 atom stereocenters. The number of piperidine rings is 1. The molecule has 0 saturated carbocycles. The van der Waals surface area contributed by atoms with E-state index in [0.717, 1.165) is 30.7 Å². The molecule has 2 heterocycles. The maximum absolute atomic E-state index is 12.8.